The fourth-order valence-corrected chi connectivity index (χ4v) is 2.46. The minimum absolute atomic E-state index is 0.00146. The Kier molecular flexibility index (Phi) is 5.04. The lowest BCUT2D eigenvalue weighted by atomic mass is 10.3. The molecule has 4 nitrogen and oxygen atoms in total. The van der Waals surface area contributed by atoms with Crippen LogP contribution in [0.25, 0.3) is 10.6 Å². The summed E-state index contributed by atoms with van der Waals surface area (Å²) in [6.07, 6.45) is 4.29. The van der Waals surface area contributed by atoms with Gasteiger partial charge in [-0.1, -0.05) is 22.9 Å². The van der Waals surface area contributed by atoms with Gasteiger partial charge in [0.2, 0.25) is 5.91 Å². The van der Waals surface area contributed by atoms with E-state index in [1.807, 2.05) is 24.4 Å². The molecule has 0 aliphatic heterocycles. The van der Waals surface area contributed by atoms with Crippen LogP contribution in [0.4, 0.5) is 0 Å². The second-order valence-corrected chi connectivity index (χ2v) is 5.94. The Morgan fingerprint density at radius 2 is 2.42 bits per heavy atom. The van der Waals surface area contributed by atoms with Gasteiger partial charge in [0.1, 0.15) is 5.01 Å². The molecule has 0 fully saturated rings. The molecule has 0 spiro atoms. The van der Waals surface area contributed by atoms with Gasteiger partial charge in [0.25, 0.3) is 0 Å². The van der Waals surface area contributed by atoms with E-state index < -0.39 is 0 Å². The third kappa shape index (κ3) is 3.84. The number of hydrogen-bond donors (Lipinski definition) is 1. The van der Waals surface area contributed by atoms with Gasteiger partial charge in [-0.2, -0.15) is 0 Å². The van der Waals surface area contributed by atoms with Crippen molar-refractivity contribution in [3.05, 3.63) is 35.6 Å². The Morgan fingerprint density at radius 3 is 3.11 bits per heavy atom. The van der Waals surface area contributed by atoms with Gasteiger partial charge in [-0.3, -0.25) is 9.78 Å². The number of nitrogens with zero attached hydrogens (tertiary/aromatic N) is 2. The van der Waals surface area contributed by atoms with Crippen LogP contribution < -0.4 is 5.32 Å². The summed E-state index contributed by atoms with van der Waals surface area (Å²) in [5.41, 5.74) is 1.87. The topological polar surface area (TPSA) is 54.9 Å². The van der Waals surface area contributed by atoms with E-state index in [0.29, 0.717) is 6.54 Å². The number of carbonyl (C=O) groups excluding carboxylic acids is 1. The number of halogens is 1. The molecule has 1 unspecified atom stereocenters. The summed E-state index contributed by atoms with van der Waals surface area (Å²) in [4.78, 5) is 20.1. The van der Waals surface area contributed by atoms with E-state index in [4.69, 9.17) is 0 Å². The van der Waals surface area contributed by atoms with E-state index in [9.17, 15) is 4.79 Å². The lowest BCUT2D eigenvalue weighted by Crippen LogP contribution is -2.30. The maximum absolute atomic E-state index is 11.6. The molecule has 2 rings (SSSR count). The largest absolute Gasteiger partial charge is 0.349 e. The van der Waals surface area contributed by atoms with E-state index in [1.54, 1.807) is 23.7 Å². The van der Waals surface area contributed by atoms with Crippen molar-refractivity contribution in [3.63, 3.8) is 0 Å². The highest BCUT2D eigenvalue weighted by atomic mass is 79.9. The van der Waals surface area contributed by atoms with Crippen LogP contribution in [0.5, 0.6) is 0 Å². The third-order valence-corrected chi connectivity index (χ3v) is 4.55. The Balaban J connectivity index is 1.97. The summed E-state index contributed by atoms with van der Waals surface area (Å²) in [7, 11) is 0. The van der Waals surface area contributed by atoms with E-state index in [-0.39, 0.29) is 10.7 Å². The first-order valence-corrected chi connectivity index (χ1v) is 7.76. The van der Waals surface area contributed by atoms with E-state index in [2.05, 4.69) is 31.2 Å². The summed E-state index contributed by atoms with van der Waals surface area (Å²) in [6.45, 7) is 2.42. The number of amides is 1. The molecule has 100 valence electrons. The fourth-order valence-electron chi connectivity index (χ4n) is 1.48. The van der Waals surface area contributed by atoms with E-state index in [1.165, 1.54) is 0 Å². The van der Waals surface area contributed by atoms with Crippen LogP contribution in [-0.4, -0.2) is 20.7 Å². The molecule has 2 aromatic heterocycles. The minimum atomic E-state index is -0.135. The van der Waals surface area contributed by atoms with Crippen molar-refractivity contribution in [2.45, 2.75) is 24.7 Å². The number of alkyl halides is 1. The SMILES string of the molecule is CCC(Br)C(=O)NCc1csc(-c2cccnc2)n1. The highest BCUT2D eigenvalue weighted by Crippen LogP contribution is 2.22. The molecule has 0 aromatic carbocycles. The third-order valence-electron chi connectivity index (χ3n) is 2.55. The maximum Gasteiger partial charge on any atom is 0.234 e. The first-order chi connectivity index (χ1) is 9.20. The fraction of sp³-hybridized carbons (Fsp3) is 0.308. The van der Waals surface area contributed by atoms with E-state index >= 15 is 0 Å². The zero-order chi connectivity index (χ0) is 13.7. The van der Waals surface area contributed by atoms with Gasteiger partial charge in [-0.25, -0.2) is 4.98 Å². The van der Waals surface area contributed by atoms with Gasteiger partial charge in [0, 0.05) is 23.3 Å². The first kappa shape index (κ1) is 14.1. The molecule has 1 atom stereocenters. The molecule has 19 heavy (non-hydrogen) atoms. The number of rotatable bonds is 5. The maximum atomic E-state index is 11.6. The molecular weight excluding hydrogens is 326 g/mol. The number of carbonyl (C=O) groups is 1. The highest BCUT2D eigenvalue weighted by Gasteiger charge is 2.12. The Bertz CT molecular complexity index is 544. The Hall–Kier alpha value is -1.27. The Morgan fingerprint density at radius 1 is 1.58 bits per heavy atom. The molecule has 0 saturated heterocycles. The summed E-state index contributed by atoms with van der Waals surface area (Å²) >= 11 is 4.87. The molecule has 0 radical (unpaired) electrons. The molecule has 1 N–H and O–H groups in total. The molecule has 1 amide bonds. The van der Waals surface area contributed by atoms with Gasteiger partial charge in [-0.15, -0.1) is 11.3 Å². The molecule has 0 aliphatic rings. The van der Waals surface area contributed by atoms with Crippen molar-refractivity contribution in [1.82, 2.24) is 15.3 Å². The summed E-state index contributed by atoms with van der Waals surface area (Å²) < 4.78 is 0. The minimum Gasteiger partial charge on any atom is -0.349 e. The van der Waals surface area contributed by atoms with Crippen LogP contribution in [0.1, 0.15) is 19.0 Å². The molecule has 0 aliphatic carbocycles. The number of thiazole rings is 1. The summed E-state index contributed by atoms with van der Waals surface area (Å²) in [6, 6.07) is 3.86. The predicted molar refractivity (Wildman–Crippen MR) is 80.2 cm³/mol. The lowest BCUT2D eigenvalue weighted by molar-refractivity contribution is -0.120. The number of nitrogens with one attached hydrogen (secondary N) is 1. The van der Waals surface area contributed by atoms with Crippen LogP contribution in [0.2, 0.25) is 0 Å². The van der Waals surface area contributed by atoms with Gasteiger partial charge in [0.15, 0.2) is 0 Å². The van der Waals surface area contributed by atoms with Gasteiger partial charge in [0.05, 0.1) is 17.1 Å². The zero-order valence-electron chi connectivity index (χ0n) is 10.5. The smallest absolute Gasteiger partial charge is 0.234 e. The highest BCUT2D eigenvalue weighted by molar-refractivity contribution is 9.10. The van der Waals surface area contributed by atoms with Crippen molar-refractivity contribution in [2.24, 2.45) is 0 Å². The molecular formula is C13H14BrN3OS. The van der Waals surface area contributed by atoms with Gasteiger partial charge >= 0.3 is 0 Å². The van der Waals surface area contributed by atoms with Crippen LogP contribution in [0.15, 0.2) is 29.9 Å². The van der Waals surface area contributed by atoms with Crippen LogP contribution in [0, 0.1) is 0 Å². The number of pyridine rings is 1. The standard InChI is InChI=1S/C13H14BrN3OS/c1-2-11(14)12(18)16-7-10-8-19-13(17-10)9-4-3-5-15-6-9/h3-6,8,11H,2,7H2,1H3,(H,16,18). The molecule has 0 saturated carbocycles. The normalized spacial score (nSPS) is 12.1. The lowest BCUT2D eigenvalue weighted by Gasteiger charge is -2.06. The number of hydrogen-bond acceptors (Lipinski definition) is 4. The van der Waals surface area contributed by atoms with Crippen molar-refractivity contribution >= 4 is 33.2 Å². The molecule has 6 heteroatoms. The Labute approximate surface area is 124 Å². The molecule has 2 aromatic rings. The van der Waals surface area contributed by atoms with Crippen molar-refractivity contribution in [1.29, 1.82) is 0 Å². The monoisotopic (exact) mass is 339 g/mol. The molecule has 2 heterocycles. The molecule has 0 bridgehead atoms. The second-order valence-electron chi connectivity index (χ2n) is 3.98. The van der Waals surface area contributed by atoms with Crippen LogP contribution >= 0.6 is 27.3 Å². The average molecular weight is 340 g/mol. The van der Waals surface area contributed by atoms with Crippen molar-refractivity contribution < 1.29 is 4.79 Å². The van der Waals surface area contributed by atoms with Crippen molar-refractivity contribution in [3.8, 4) is 10.6 Å². The van der Waals surface area contributed by atoms with Gasteiger partial charge in [-0.05, 0) is 18.6 Å². The van der Waals surface area contributed by atoms with Gasteiger partial charge < -0.3 is 5.32 Å². The van der Waals surface area contributed by atoms with Crippen LogP contribution in [-0.2, 0) is 11.3 Å². The number of aromatic nitrogens is 2. The van der Waals surface area contributed by atoms with E-state index in [0.717, 1.165) is 22.7 Å². The zero-order valence-corrected chi connectivity index (χ0v) is 12.9. The quantitative estimate of drug-likeness (QED) is 0.852. The first-order valence-electron chi connectivity index (χ1n) is 5.97. The van der Waals surface area contributed by atoms with Crippen molar-refractivity contribution in [2.75, 3.05) is 0 Å². The van der Waals surface area contributed by atoms with Crippen LogP contribution in [0.3, 0.4) is 0 Å². The predicted octanol–water partition coefficient (Wildman–Crippen LogP) is 2.99. The average Bonchev–Trinajstić information content (AvgIpc) is 2.93. The summed E-state index contributed by atoms with van der Waals surface area (Å²) in [5, 5.41) is 5.73. The second kappa shape index (κ2) is 6.77. The summed E-state index contributed by atoms with van der Waals surface area (Å²) in [5.74, 6) is -0.00146.